The van der Waals surface area contributed by atoms with Crippen molar-refractivity contribution in [2.45, 2.75) is 25.8 Å². The molecule has 0 aliphatic rings. The van der Waals surface area contributed by atoms with Gasteiger partial charge in [-0.15, -0.1) is 0 Å². The first-order valence-corrected chi connectivity index (χ1v) is 5.89. The lowest BCUT2D eigenvalue weighted by Gasteiger charge is -2.09. The number of ether oxygens (including phenoxy) is 1. The van der Waals surface area contributed by atoms with Crippen molar-refractivity contribution in [2.24, 2.45) is 0 Å². The number of amides is 1. The molecular formula is C13H16FNO4. The Labute approximate surface area is 110 Å². The molecule has 0 bridgehead atoms. The van der Waals surface area contributed by atoms with E-state index >= 15 is 0 Å². The lowest BCUT2D eigenvalue weighted by Crippen LogP contribution is -2.38. The van der Waals surface area contributed by atoms with E-state index in [2.05, 4.69) is 5.32 Å². The number of hydrogen-bond acceptors (Lipinski definition) is 3. The second-order valence-electron chi connectivity index (χ2n) is 4.04. The Morgan fingerprint density at radius 1 is 1.47 bits per heavy atom. The van der Waals surface area contributed by atoms with Gasteiger partial charge in [0.2, 0.25) is 5.91 Å². The van der Waals surface area contributed by atoms with E-state index < -0.39 is 12.0 Å². The highest BCUT2D eigenvalue weighted by molar-refractivity contribution is 5.83. The number of halogens is 1. The second-order valence-corrected chi connectivity index (χ2v) is 4.04. The maximum absolute atomic E-state index is 12.8. The van der Waals surface area contributed by atoms with E-state index in [0.717, 1.165) is 0 Å². The van der Waals surface area contributed by atoms with Gasteiger partial charge in [-0.1, -0.05) is 6.07 Å². The first kappa shape index (κ1) is 14.9. The van der Waals surface area contributed by atoms with E-state index in [9.17, 15) is 14.0 Å². The van der Waals surface area contributed by atoms with Crippen molar-refractivity contribution in [1.82, 2.24) is 5.32 Å². The van der Waals surface area contributed by atoms with Crippen LogP contribution in [0.15, 0.2) is 24.3 Å². The lowest BCUT2D eigenvalue weighted by atomic mass is 10.2. The summed E-state index contributed by atoms with van der Waals surface area (Å²) >= 11 is 0. The maximum Gasteiger partial charge on any atom is 0.325 e. The van der Waals surface area contributed by atoms with Gasteiger partial charge in [0.1, 0.15) is 17.6 Å². The molecule has 2 N–H and O–H groups in total. The third-order valence-electron chi connectivity index (χ3n) is 2.36. The minimum atomic E-state index is -1.08. The number of rotatable bonds is 7. The van der Waals surface area contributed by atoms with E-state index in [1.807, 2.05) is 0 Å². The fourth-order valence-electron chi connectivity index (χ4n) is 1.35. The Morgan fingerprint density at radius 2 is 2.21 bits per heavy atom. The predicted octanol–water partition coefficient (Wildman–Crippen LogP) is 1.57. The molecule has 104 valence electrons. The summed E-state index contributed by atoms with van der Waals surface area (Å²) in [6.07, 6.45) is 0.585. The smallest absolute Gasteiger partial charge is 0.325 e. The Hall–Kier alpha value is -2.11. The summed E-state index contributed by atoms with van der Waals surface area (Å²) in [5.41, 5.74) is 0. The predicted molar refractivity (Wildman–Crippen MR) is 66.4 cm³/mol. The maximum atomic E-state index is 12.8. The highest BCUT2D eigenvalue weighted by Crippen LogP contribution is 2.12. The van der Waals surface area contributed by atoms with E-state index in [1.54, 1.807) is 6.07 Å². The number of aliphatic carboxylic acids is 1. The SMILES string of the molecule is CC(NC(=O)CCCOc1cccc(F)c1)C(=O)O. The number of carbonyl (C=O) groups excluding carboxylic acids is 1. The Balaban J connectivity index is 2.20. The van der Waals surface area contributed by atoms with Crippen molar-refractivity contribution in [3.05, 3.63) is 30.1 Å². The third kappa shape index (κ3) is 5.85. The van der Waals surface area contributed by atoms with Crippen molar-refractivity contribution in [3.8, 4) is 5.75 Å². The molecular weight excluding hydrogens is 253 g/mol. The highest BCUT2D eigenvalue weighted by atomic mass is 19.1. The van der Waals surface area contributed by atoms with Crippen LogP contribution in [-0.2, 0) is 9.59 Å². The molecule has 0 aromatic heterocycles. The van der Waals surface area contributed by atoms with Gasteiger partial charge in [0.15, 0.2) is 0 Å². The Bertz CT molecular complexity index is 450. The summed E-state index contributed by atoms with van der Waals surface area (Å²) in [5.74, 6) is -1.41. The average Bonchev–Trinajstić information content (AvgIpc) is 2.34. The number of carbonyl (C=O) groups is 2. The van der Waals surface area contributed by atoms with Crippen LogP contribution in [0.1, 0.15) is 19.8 Å². The van der Waals surface area contributed by atoms with Crippen LogP contribution in [0.3, 0.4) is 0 Å². The minimum absolute atomic E-state index is 0.160. The molecule has 0 fully saturated rings. The number of hydrogen-bond donors (Lipinski definition) is 2. The zero-order chi connectivity index (χ0) is 14.3. The van der Waals surface area contributed by atoms with Gasteiger partial charge in [0.05, 0.1) is 6.61 Å². The first-order chi connectivity index (χ1) is 8.99. The molecule has 1 aromatic rings. The van der Waals surface area contributed by atoms with Crippen LogP contribution in [-0.4, -0.2) is 29.6 Å². The van der Waals surface area contributed by atoms with Crippen molar-refractivity contribution in [3.63, 3.8) is 0 Å². The van der Waals surface area contributed by atoms with Crippen molar-refractivity contribution in [2.75, 3.05) is 6.61 Å². The normalized spacial score (nSPS) is 11.7. The standard InChI is InChI=1S/C13H16FNO4/c1-9(13(17)18)15-12(16)6-3-7-19-11-5-2-4-10(14)8-11/h2,4-5,8-9H,3,6-7H2,1H3,(H,15,16)(H,17,18). The van der Waals surface area contributed by atoms with E-state index in [-0.39, 0.29) is 24.8 Å². The van der Waals surface area contributed by atoms with Crippen LogP contribution in [0, 0.1) is 5.82 Å². The van der Waals surface area contributed by atoms with Crippen molar-refractivity contribution >= 4 is 11.9 Å². The summed E-state index contributed by atoms with van der Waals surface area (Å²) in [4.78, 5) is 21.8. The number of nitrogens with one attached hydrogen (secondary N) is 1. The van der Waals surface area contributed by atoms with E-state index in [0.29, 0.717) is 12.2 Å². The van der Waals surface area contributed by atoms with Gasteiger partial charge >= 0.3 is 5.97 Å². The molecule has 0 heterocycles. The molecule has 1 amide bonds. The molecule has 0 aliphatic heterocycles. The van der Waals surface area contributed by atoms with Crippen LogP contribution >= 0.6 is 0 Å². The summed E-state index contributed by atoms with van der Waals surface area (Å²) < 4.78 is 18.1. The monoisotopic (exact) mass is 269 g/mol. The molecule has 1 unspecified atom stereocenters. The average molecular weight is 269 g/mol. The van der Waals surface area contributed by atoms with Crippen LogP contribution < -0.4 is 10.1 Å². The molecule has 0 spiro atoms. The van der Waals surface area contributed by atoms with Crippen LogP contribution in [0.4, 0.5) is 4.39 Å². The molecule has 0 radical (unpaired) electrons. The van der Waals surface area contributed by atoms with E-state index in [4.69, 9.17) is 9.84 Å². The van der Waals surface area contributed by atoms with Gasteiger partial charge < -0.3 is 15.2 Å². The number of benzene rings is 1. The minimum Gasteiger partial charge on any atom is -0.493 e. The zero-order valence-corrected chi connectivity index (χ0v) is 10.6. The first-order valence-electron chi connectivity index (χ1n) is 5.89. The van der Waals surface area contributed by atoms with Gasteiger partial charge in [-0.2, -0.15) is 0 Å². The molecule has 1 atom stereocenters. The topological polar surface area (TPSA) is 75.6 Å². The Kier molecular flexibility index (Phi) is 5.78. The van der Waals surface area contributed by atoms with E-state index in [1.165, 1.54) is 25.1 Å². The summed E-state index contributed by atoms with van der Waals surface area (Å²) in [6.45, 7) is 1.65. The fraction of sp³-hybridized carbons (Fsp3) is 0.385. The number of carboxylic acids is 1. The van der Waals surface area contributed by atoms with Crippen molar-refractivity contribution < 1.29 is 23.8 Å². The van der Waals surface area contributed by atoms with Crippen LogP contribution in [0.2, 0.25) is 0 Å². The highest BCUT2D eigenvalue weighted by Gasteiger charge is 2.13. The second kappa shape index (κ2) is 7.35. The van der Waals surface area contributed by atoms with Crippen LogP contribution in [0.25, 0.3) is 0 Å². The summed E-state index contributed by atoms with van der Waals surface area (Å²) in [6, 6.07) is 4.82. The summed E-state index contributed by atoms with van der Waals surface area (Å²) in [5, 5.41) is 10.9. The third-order valence-corrected chi connectivity index (χ3v) is 2.36. The largest absolute Gasteiger partial charge is 0.493 e. The molecule has 0 saturated heterocycles. The van der Waals surface area contributed by atoms with Gasteiger partial charge in [-0.3, -0.25) is 9.59 Å². The quantitative estimate of drug-likeness (QED) is 0.737. The van der Waals surface area contributed by atoms with Gasteiger partial charge in [0, 0.05) is 12.5 Å². The van der Waals surface area contributed by atoms with Gasteiger partial charge in [-0.05, 0) is 25.5 Å². The molecule has 19 heavy (non-hydrogen) atoms. The lowest BCUT2D eigenvalue weighted by molar-refractivity contribution is -0.141. The molecule has 0 aliphatic carbocycles. The van der Waals surface area contributed by atoms with Gasteiger partial charge in [0.25, 0.3) is 0 Å². The molecule has 6 heteroatoms. The molecule has 1 aromatic carbocycles. The zero-order valence-electron chi connectivity index (χ0n) is 10.6. The Morgan fingerprint density at radius 3 is 2.84 bits per heavy atom. The molecule has 5 nitrogen and oxygen atoms in total. The summed E-state index contributed by atoms with van der Waals surface area (Å²) in [7, 11) is 0. The fourth-order valence-corrected chi connectivity index (χ4v) is 1.35. The number of carboxylic acid groups (broad SMARTS) is 1. The van der Waals surface area contributed by atoms with Gasteiger partial charge in [-0.25, -0.2) is 4.39 Å². The molecule has 0 saturated carbocycles. The van der Waals surface area contributed by atoms with Crippen molar-refractivity contribution in [1.29, 1.82) is 0 Å². The molecule has 1 rings (SSSR count). The van der Waals surface area contributed by atoms with Crippen LogP contribution in [0.5, 0.6) is 5.75 Å².